The maximum absolute atomic E-state index is 13.1. The molecular weight excluding hydrogens is 274 g/mol. The molecule has 0 amide bonds. The quantitative estimate of drug-likeness (QED) is 0.876. The van der Waals surface area contributed by atoms with Crippen molar-refractivity contribution in [1.82, 2.24) is 9.62 Å². The summed E-state index contributed by atoms with van der Waals surface area (Å²) < 4.78 is 52.3. The van der Waals surface area contributed by atoms with Crippen molar-refractivity contribution < 1.29 is 17.2 Å². The summed E-state index contributed by atoms with van der Waals surface area (Å²) >= 11 is 0. The Morgan fingerprint density at radius 2 is 1.58 bits per heavy atom. The van der Waals surface area contributed by atoms with E-state index in [1.807, 2.05) is 0 Å². The van der Waals surface area contributed by atoms with Crippen LogP contribution in [0.2, 0.25) is 0 Å². The molecule has 0 aliphatic carbocycles. The van der Waals surface area contributed by atoms with E-state index in [4.69, 9.17) is 0 Å². The topological polar surface area (TPSA) is 49.4 Å². The van der Waals surface area contributed by atoms with E-state index in [1.165, 1.54) is 4.31 Å². The fourth-order valence-electron chi connectivity index (χ4n) is 2.84. The molecule has 0 radical (unpaired) electrons. The Labute approximate surface area is 110 Å². The van der Waals surface area contributed by atoms with Gasteiger partial charge in [0.2, 0.25) is 10.0 Å². The minimum Gasteiger partial charge on any atom is -0.316 e. The van der Waals surface area contributed by atoms with Gasteiger partial charge in [-0.3, -0.25) is 0 Å². The summed E-state index contributed by atoms with van der Waals surface area (Å²) in [5, 5.41) is 3.21. The lowest BCUT2D eigenvalue weighted by Crippen LogP contribution is -2.32. The smallest absolute Gasteiger partial charge is 0.243 e. The SMILES string of the molecule is O=S(=O)(c1cc(F)cc(F)c1)N1CC2CNCC2C1. The molecule has 0 spiro atoms. The van der Waals surface area contributed by atoms with Gasteiger partial charge in [-0.05, 0) is 37.1 Å². The molecule has 1 aromatic carbocycles. The van der Waals surface area contributed by atoms with Gasteiger partial charge in [-0.25, -0.2) is 17.2 Å². The molecule has 2 aliphatic rings. The first-order valence-electron chi connectivity index (χ1n) is 6.14. The number of hydrogen-bond donors (Lipinski definition) is 1. The van der Waals surface area contributed by atoms with Crippen molar-refractivity contribution in [1.29, 1.82) is 0 Å². The van der Waals surface area contributed by atoms with Gasteiger partial charge >= 0.3 is 0 Å². The predicted molar refractivity (Wildman–Crippen MR) is 65.0 cm³/mol. The Morgan fingerprint density at radius 1 is 1.05 bits per heavy atom. The van der Waals surface area contributed by atoms with Gasteiger partial charge in [0.1, 0.15) is 11.6 Å². The molecule has 104 valence electrons. The van der Waals surface area contributed by atoms with E-state index in [-0.39, 0.29) is 4.90 Å². The summed E-state index contributed by atoms with van der Waals surface area (Å²) in [7, 11) is -3.80. The number of hydrogen-bond acceptors (Lipinski definition) is 3. The van der Waals surface area contributed by atoms with Gasteiger partial charge in [0.15, 0.2) is 0 Å². The number of fused-ring (bicyclic) bond motifs is 1. The molecule has 2 fully saturated rings. The third-order valence-electron chi connectivity index (χ3n) is 3.83. The first-order chi connectivity index (χ1) is 8.96. The monoisotopic (exact) mass is 288 g/mol. The lowest BCUT2D eigenvalue weighted by atomic mass is 10.0. The minimum atomic E-state index is -3.80. The van der Waals surface area contributed by atoms with E-state index < -0.39 is 21.7 Å². The van der Waals surface area contributed by atoms with Crippen LogP contribution in [0, 0.1) is 23.5 Å². The number of halogens is 2. The third kappa shape index (κ3) is 2.26. The average Bonchev–Trinajstić information content (AvgIpc) is 2.87. The Balaban J connectivity index is 1.91. The van der Waals surface area contributed by atoms with Crippen LogP contribution in [0.5, 0.6) is 0 Å². The highest BCUT2D eigenvalue weighted by Crippen LogP contribution is 2.31. The lowest BCUT2D eigenvalue weighted by Gasteiger charge is -2.17. The zero-order valence-electron chi connectivity index (χ0n) is 10.1. The molecule has 2 atom stereocenters. The van der Waals surface area contributed by atoms with Gasteiger partial charge in [0.25, 0.3) is 0 Å². The highest BCUT2D eigenvalue weighted by molar-refractivity contribution is 7.89. The second-order valence-electron chi connectivity index (χ2n) is 5.11. The molecular formula is C12H14F2N2O2S. The molecule has 2 unspecified atom stereocenters. The van der Waals surface area contributed by atoms with E-state index >= 15 is 0 Å². The summed E-state index contributed by atoms with van der Waals surface area (Å²) in [5.41, 5.74) is 0. The molecule has 2 heterocycles. The highest BCUT2D eigenvalue weighted by atomic mass is 32.2. The van der Waals surface area contributed by atoms with Crippen LogP contribution in [-0.4, -0.2) is 38.9 Å². The fourth-order valence-corrected chi connectivity index (χ4v) is 4.43. The van der Waals surface area contributed by atoms with Crippen molar-refractivity contribution >= 4 is 10.0 Å². The van der Waals surface area contributed by atoms with Crippen molar-refractivity contribution in [2.75, 3.05) is 26.2 Å². The maximum atomic E-state index is 13.1. The number of nitrogens with one attached hydrogen (secondary N) is 1. The van der Waals surface area contributed by atoms with Gasteiger partial charge in [0, 0.05) is 19.2 Å². The zero-order chi connectivity index (χ0) is 13.6. The first-order valence-corrected chi connectivity index (χ1v) is 7.58. The average molecular weight is 288 g/mol. The minimum absolute atomic E-state index is 0.299. The van der Waals surface area contributed by atoms with E-state index in [0.717, 1.165) is 25.2 Å². The van der Waals surface area contributed by atoms with Crippen LogP contribution in [0.25, 0.3) is 0 Å². The first kappa shape index (κ1) is 13.0. The van der Waals surface area contributed by atoms with Gasteiger partial charge < -0.3 is 5.32 Å². The Morgan fingerprint density at radius 3 is 2.11 bits per heavy atom. The van der Waals surface area contributed by atoms with Crippen molar-refractivity contribution in [3.63, 3.8) is 0 Å². The molecule has 1 aromatic rings. The molecule has 0 saturated carbocycles. The Kier molecular flexibility index (Phi) is 3.07. The molecule has 7 heteroatoms. The van der Waals surface area contributed by atoms with Crippen molar-refractivity contribution in [3.05, 3.63) is 29.8 Å². The largest absolute Gasteiger partial charge is 0.316 e. The van der Waals surface area contributed by atoms with Gasteiger partial charge in [-0.1, -0.05) is 0 Å². The summed E-state index contributed by atoms with van der Waals surface area (Å²) in [6, 6.07) is 2.40. The van der Waals surface area contributed by atoms with Crippen LogP contribution in [0.3, 0.4) is 0 Å². The maximum Gasteiger partial charge on any atom is 0.243 e. The van der Waals surface area contributed by atoms with Crippen LogP contribution >= 0.6 is 0 Å². The van der Waals surface area contributed by atoms with Crippen molar-refractivity contribution in [3.8, 4) is 0 Å². The highest BCUT2D eigenvalue weighted by Gasteiger charge is 2.41. The summed E-state index contributed by atoms with van der Waals surface area (Å²) in [6.07, 6.45) is 0. The van der Waals surface area contributed by atoms with Crippen LogP contribution in [0.1, 0.15) is 0 Å². The molecule has 19 heavy (non-hydrogen) atoms. The molecule has 0 bridgehead atoms. The fraction of sp³-hybridized carbons (Fsp3) is 0.500. The predicted octanol–water partition coefficient (Wildman–Crippen LogP) is 0.805. The van der Waals surface area contributed by atoms with Crippen LogP contribution < -0.4 is 5.32 Å². The van der Waals surface area contributed by atoms with Gasteiger partial charge in [0.05, 0.1) is 4.90 Å². The number of rotatable bonds is 2. The molecule has 2 aliphatic heterocycles. The molecule has 0 aromatic heterocycles. The zero-order valence-corrected chi connectivity index (χ0v) is 11.0. The van der Waals surface area contributed by atoms with E-state index in [0.29, 0.717) is 31.0 Å². The van der Waals surface area contributed by atoms with Gasteiger partial charge in [-0.15, -0.1) is 0 Å². The van der Waals surface area contributed by atoms with Crippen LogP contribution in [0.15, 0.2) is 23.1 Å². The Hall–Kier alpha value is -1.05. The van der Waals surface area contributed by atoms with Crippen LogP contribution in [-0.2, 0) is 10.0 Å². The molecule has 3 rings (SSSR count). The number of benzene rings is 1. The van der Waals surface area contributed by atoms with Crippen molar-refractivity contribution in [2.45, 2.75) is 4.90 Å². The summed E-state index contributed by atoms with van der Waals surface area (Å²) in [4.78, 5) is -0.307. The number of nitrogens with zero attached hydrogens (tertiary/aromatic N) is 1. The van der Waals surface area contributed by atoms with Crippen molar-refractivity contribution in [2.24, 2.45) is 11.8 Å². The summed E-state index contributed by atoms with van der Waals surface area (Å²) in [5.74, 6) is -1.15. The van der Waals surface area contributed by atoms with E-state index in [9.17, 15) is 17.2 Å². The second kappa shape index (κ2) is 4.50. The lowest BCUT2D eigenvalue weighted by molar-refractivity contribution is 0.446. The summed E-state index contributed by atoms with van der Waals surface area (Å²) in [6.45, 7) is 2.43. The second-order valence-corrected chi connectivity index (χ2v) is 7.04. The van der Waals surface area contributed by atoms with Crippen LogP contribution in [0.4, 0.5) is 8.78 Å². The Bertz CT molecular complexity index is 573. The van der Waals surface area contributed by atoms with E-state index in [2.05, 4.69) is 5.32 Å². The van der Waals surface area contributed by atoms with E-state index in [1.54, 1.807) is 0 Å². The molecule has 4 nitrogen and oxygen atoms in total. The third-order valence-corrected chi connectivity index (χ3v) is 5.64. The molecule has 2 saturated heterocycles. The normalized spacial score (nSPS) is 27.7. The number of sulfonamides is 1. The molecule has 1 N–H and O–H groups in total. The standard InChI is InChI=1S/C12H14F2N2O2S/c13-10-1-11(14)3-12(2-10)19(17,18)16-6-8-4-15-5-9(8)7-16/h1-3,8-9,15H,4-7H2. The van der Waals surface area contributed by atoms with Gasteiger partial charge in [-0.2, -0.15) is 4.31 Å².